The Kier molecular flexibility index (Phi) is 7.51. The highest BCUT2D eigenvalue weighted by Crippen LogP contribution is 2.36. The Hall–Kier alpha value is -3.46. The molecule has 1 aliphatic heterocycles. The molecule has 1 aliphatic rings. The number of anilines is 1. The summed E-state index contributed by atoms with van der Waals surface area (Å²) >= 11 is 0. The lowest BCUT2D eigenvalue weighted by atomic mass is 9.79. The van der Waals surface area contributed by atoms with E-state index < -0.39 is 11.7 Å². The minimum Gasteiger partial charge on any atom is -0.496 e. The third-order valence-electron chi connectivity index (χ3n) is 7.00. The molecule has 1 saturated heterocycles. The Morgan fingerprint density at radius 1 is 1.05 bits per heavy atom. The minimum atomic E-state index is -0.603. The number of carbonyl (C=O) groups is 1. The summed E-state index contributed by atoms with van der Waals surface area (Å²) in [5, 5.41) is 17.2. The number of ether oxygens (including phenoxy) is 2. The van der Waals surface area contributed by atoms with E-state index in [9.17, 15) is 4.79 Å². The third kappa shape index (κ3) is 6.58. The number of benzene rings is 1. The van der Waals surface area contributed by atoms with Crippen molar-refractivity contribution in [2.24, 2.45) is 0 Å². The molecule has 1 aromatic carbocycles. The van der Waals surface area contributed by atoms with E-state index in [0.717, 1.165) is 41.0 Å². The summed E-state index contributed by atoms with van der Waals surface area (Å²) in [7, 11) is 3.73. The van der Waals surface area contributed by atoms with Crippen molar-refractivity contribution in [3.05, 3.63) is 42.2 Å². The van der Waals surface area contributed by atoms with Gasteiger partial charge in [-0.05, 0) is 98.1 Å². The van der Waals surface area contributed by atoms with Crippen LogP contribution < -0.4 is 15.0 Å². The van der Waals surface area contributed by atoms with Gasteiger partial charge in [-0.25, -0.2) is 4.79 Å². The lowest BCUT2D eigenvalue weighted by Crippen LogP contribution is -2.62. The second kappa shape index (κ2) is 10.3. The summed E-state index contributed by atoms with van der Waals surface area (Å²) in [5.41, 5.74) is 3.47. The highest BCUT2D eigenvalue weighted by Gasteiger charge is 2.39. The number of nitrogens with one attached hydrogen (secondary N) is 1. The van der Waals surface area contributed by atoms with Gasteiger partial charge in [-0.15, -0.1) is 10.2 Å². The predicted molar refractivity (Wildman–Crippen MR) is 154 cm³/mol. The standard InChI is InChI=1S/C30H42N6O3/c1-19-23(18-36(33-19)27(37)39-28(2,3)4)20-11-12-22(25(15-20)38-10)24-13-14-26(32-31-24)35(9)21-16-29(5,6)34-30(7,8)17-21/h11-15,18,21,34H,16-17H2,1-10H3. The van der Waals surface area contributed by atoms with Crippen molar-refractivity contribution in [1.82, 2.24) is 25.3 Å². The molecule has 0 unspecified atom stereocenters. The van der Waals surface area contributed by atoms with Crippen molar-refractivity contribution < 1.29 is 14.3 Å². The fraction of sp³-hybridized carbons (Fsp3) is 0.533. The maximum Gasteiger partial charge on any atom is 0.435 e. The Labute approximate surface area is 231 Å². The van der Waals surface area contributed by atoms with Crippen LogP contribution in [0.1, 0.15) is 67.0 Å². The maximum atomic E-state index is 12.5. The Bertz CT molecular complexity index is 1320. The Morgan fingerprint density at radius 2 is 1.72 bits per heavy atom. The number of nitrogens with zero attached hydrogens (tertiary/aromatic N) is 5. The number of piperidine rings is 1. The number of hydrogen-bond donors (Lipinski definition) is 1. The fourth-order valence-corrected chi connectivity index (χ4v) is 5.60. The van der Waals surface area contributed by atoms with Crippen molar-refractivity contribution >= 4 is 11.9 Å². The van der Waals surface area contributed by atoms with Gasteiger partial charge >= 0.3 is 6.09 Å². The molecule has 210 valence electrons. The van der Waals surface area contributed by atoms with Gasteiger partial charge in [0.25, 0.3) is 0 Å². The van der Waals surface area contributed by atoms with Crippen LogP contribution in [0, 0.1) is 6.92 Å². The van der Waals surface area contributed by atoms with Crippen molar-refractivity contribution in [2.45, 2.75) is 91.0 Å². The van der Waals surface area contributed by atoms with E-state index in [2.05, 4.69) is 60.3 Å². The molecule has 39 heavy (non-hydrogen) atoms. The normalized spacial score (nSPS) is 17.1. The molecule has 0 radical (unpaired) electrons. The van der Waals surface area contributed by atoms with Crippen LogP contribution in [0.2, 0.25) is 0 Å². The zero-order valence-electron chi connectivity index (χ0n) is 24.9. The van der Waals surface area contributed by atoms with E-state index in [4.69, 9.17) is 9.47 Å². The topological polar surface area (TPSA) is 94.4 Å². The van der Waals surface area contributed by atoms with E-state index in [1.54, 1.807) is 13.3 Å². The van der Waals surface area contributed by atoms with Gasteiger partial charge in [-0.2, -0.15) is 9.78 Å². The zero-order valence-corrected chi connectivity index (χ0v) is 24.9. The minimum absolute atomic E-state index is 0.0465. The van der Waals surface area contributed by atoms with Crippen molar-refractivity contribution in [1.29, 1.82) is 0 Å². The van der Waals surface area contributed by atoms with E-state index in [1.165, 1.54) is 4.68 Å². The molecule has 0 atom stereocenters. The summed E-state index contributed by atoms with van der Waals surface area (Å²) in [5.74, 6) is 1.51. The van der Waals surface area contributed by atoms with Crippen LogP contribution in [0.5, 0.6) is 5.75 Å². The molecule has 2 aromatic heterocycles. The van der Waals surface area contributed by atoms with Gasteiger partial charge in [0.05, 0.1) is 18.5 Å². The monoisotopic (exact) mass is 534 g/mol. The summed E-state index contributed by atoms with van der Waals surface area (Å²) < 4.78 is 12.4. The maximum absolute atomic E-state index is 12.5. The van der Waals surface area contributed by atoms with Crippen LogP contribution in [0.3, 0.4) is 0 Å². The lowest BCUT2D eigenvalue weighted by Gasteiger charge is -2.49. The molecule has 0 bridgehead atoms. The molecule has 9 nitrogen and oxygen atoms in total. The van der Waals surface area contributed by atoms with Crippen LogP contribution >= 0.6 is 0 Å². The quantitative estimate of drug-likeness (QED) is 0.435. The lowest BCUT2D eigenvalue weighted by molar-refractivity contribution is 0.0514. The molecular formula is C30H42N6O3. The zero-order chi connectivity index (χ0) is 28.8. The Morgan fingerprint density at radius 3 is 2.28 bits per heavy atom. The number of methoxy groups -OCH3 is 1. The van der Waals surface area contributed by atoms with E-state index in [1.807, 2.05) is 58.0 Å². The number of rotatable bonds is 5. The first kappa shape index (κ1) is 28.5. The fourth-order valence-electron chi connectivity index (χ4n) is 5.60. The summed E-state index contributed by atoms with van der Waals surface area (Å²) in [6.45, 7) is 16.4. The molecule has 3 heterocycles. The molecule has 1 N–H and O–H groups in total. The number of aryl methyl sites for hydroxylation is 1. The van der Waals surface area contributed by atoms with Gasteiger partial charge in [0, 0.05) is 41.5 Å². The molecule has 3 aromatic rings. The number of aromatic nitrogens is 4. The highest BCUT2D eigenvalue weighted by atomic mass is 16.6. The molecular weight excluding hydrogens is 492 g/mol. The predicted octanol–water partition coefficient (Wildman–Crippen LogP) is 5.85. The van der Waals surface area contributed by atoms with Crippen LogP contribution in [-0.2, 0) is 4.74 Å². The van der Waals surface area contributed by atoms with Gasteiger partial charge < -0.3 is 19.7 Å². The van der Waals surface area contributed by atoms with Crippen LogP contribution in [0.4, 0.5) is 10.6 Å². The smallest absolute Gasteiger partial charge is 0.435 e. The van der Waals surface area contributed by atoms with Crippen LogP contribution in [-0.4, -0.2) is 62.9 Å². The average Bonchev–Trinajstić information content (AvgIpc) is 3.22. The first-order chi connectivity index (χ1) is 18.1. The van der Waals surface area contributed by atoms with Crippen molar-refractivity contribution in [3.63, 3.8) is 0 Å². The van der Waals surface area contributed by atoms with Gasteiger partial charge in [0.1, 0.15) is 11.4 Å². The molecule has 4 rings (SSSR count). The van der Waals surface area contributed by atoms with Crippen molar-refractivity contribution in [2.75, 3.05) is 19.1 Å². The van der Waals surface area contributed by atoms with Crippen LogP contribution in [0.25, 0.3) is 22.4 Å². The third-order valence-corrected chi connectivity index (χ3v) is 7.00. The first-order valence-electron chi connectivity index (χ1n) is 13.4. The molecule has 0 saturated carbocycles. The summed E-state index contributed by atoms with van der Waals surface area (Å²) in [4.78, 5) is 14.7. The second-order valence-electron chi connectivity index (χ2n) is 12.8. The van der Waals surface area contributed by atoms with Crippen molar-refractivity contribution in [3.8, 4) is 28.1 Å². The molecule has 1 fully saturated rings. The first-order valence-corrected chi connectivity index (χ1v) is 13.4. The molecule has 0 aliphatic carbocycles. The van der Waals surface area contributed by atoms with Gasteiger partial charge in [0.2, 0.25) is 0 Å². The van der Waals surface area contributed by atoms with Gasteiger partial charge in [0.15, 0.2) is 5.82 Å². The van der Waals surface area contributed by atoms with Gasteiger partial charge in [-0.1, -0.05) is 6.07 Å². The van der Waals surface area contributed by atoms with E-state index in [0.29, 0.717) is 17.5 Å². The highest BCUT2D eigenvalue weighted by molar-refractivity contribution is 5.78. The number of carbonyl (C=O) groups excluding carboxylic acids is 1. The van der Waals surface area contributed by atoms with E-state index >= 15 is 0 Å². The molecule has 9 heteroatoms. The summed E-state index contributed by atoms with van der Waals surface area (Å²) in [6, 6.07) is 10.2. The SMILES string of the molecule is COc1cc(-c2cn(C(=O)OC(C)(C)C)nc2C)ccc1-c1ccc(N(C)C2CC(C)(C)NC(C)(C)C2)nn1. The second-order valence-corrected chi connectivity index (χ2v) is 12.8. The van der Waals surface area contributed by atoms with Gasteiger partial charge in [-0.3, -0.25) is 0 Å². The van der Waals surface area contributed by atoms with Crippen LogP contribution in [0.15, 0.2) is 36.5 Å². The largest absolute Gasteiger partial charge is 0.496 e. The molecule has 0 spiro atoms. The Balaban J connectivity index is 1.56. The van der Waals surface area contributed by atoms with E-state index in [-0.39, 0.29) is 11.1 Å². The summed E-state index contributed by atoms with van der Waals surface area (Å²) in [6.07, 6.45) is 3.22. The number of hydrogen-bond acceptors (Lipinski definition) is 8. The average molecular weight is 535 g/mol. The molecule has 0 amide bonds.